The summed E-state index contributed by atoms with van der Waals surface area (Å²) in [4.78, 5) is 26.5. The fourth-order valence-corrected chi connectivity index (χ4v) is 3.18. The lowest BCUT2D eigenvalue weighted by Gasteiger charge is -2.27. The summed E-state index contributed by atoms with van der Waals surface area (Å²) in [6, 6.07) is 12.8. The third-order valence-corrected chi connectivity index (χ3v) is 4.65. The molecular weight excluding hydrogens is 344 g/mol. The molecule has 6 nitrogen and oxygen atoms in total. The molecule has 2 amide bonds. The van der Waals surface area contributed by atoms with Crippen LogP contribution in [0.15, 0.2) is 42.5 Å². The molecule has 0 saturated carbocycles. The molecule has 1 aliphatic heterocycles. The number of carbonyl (C=O) groups is 2. The van der Waals surface area contributed by atoms with Crippen molar-refractivity contribution in [1.82, 2.24) is 5.32 Å². The lowest BCUT2D eigenvalue weighted by atomic mass is 10.1. The summed E-state index contributed by atoms with van der Waals surface area (Å²) >= 11 is 0. The van der Waals surface area contributed by atoms with Crippen LogP contribution in [0.4, 0.5) is 5.69 Å². The van der Waals surface area contributed by atoms with Gasteiger partial charge in [0.25, 0.3) is 5.91 Å². The van der Waals surface area contributed by atoms with Crippen LogP contribution in [0, 0.1) is 0 Å². The molecule has 0 atom stereocenters. The molecule has 0 radical (unpaired) electrons. The highest BCUT2D eigenvalue weighted by molar-refractivity contribution is 5.97. The summed E-state index contributed by atoms with van der Waals surface area (Å²) in [5.74, 6) is 1.01. The number of ether oxygens (including phenoxy) is 2. The second-order valence-electron chi connectivity index (χ2n) is 6.42. The van der Waals surface area contributed by atoms with Gasteiger partial charge in [-0.25, -0.2) is 0 Å². The lowest BCUT2D eigenvalue weighted by molar-refractivity contribution is -0.119. The normalized spacial score (nSPS) is 14.0. The number of piperidine rings is 1. The van der Waals surface area contributed by atoms with Crippen LogP contribution in [0.2, 0.25) is 0 Å². The Labute approximate surface area is 159 Å². The number of amides is 2. The van der Waals surface area contributed by atoms with Gasteiger partial charge in [-0.3, -0.25) is 9.59 Å². The van der Waals surface area contributed by atoms with Crippen LogP contribution in [-0.4, -0.2) is 32.6 Å². The Hall–Kier alpha value is -3.02. The van der Waals surface area contributed by atoms with Gasteiger partial charge in [0.1, 0.15) is 11.5 Å². The van der Waals surface area contributed by atoms with Crippen molar-refractivity contribution in [2.75, 3.05) is 25.7 Å². The van der Waals surface area contributed by atoms with E-state index in [9.17, 15) is 9.59 Å². The summed E-state index contributed by atoms with van der Waals surface area (Å²) in [5, 5.41) is 2.91. The minimum absolute atomic E-state index is 0.158. The Balaban J connectivity index is 1.69. The Morgan fingerprint density at radius 1 is 1.11 bits per heavy atom. The van der Waals surface area contributed by atoms with E-state index in [0.29, 0.717) is 30.0 Å². The summed E-state index contributed by atoms with van der Waals surface area (Å²) in [5.41, 5.74) is 2.26. The Morgan fingerprint density at radius 2 is 1.96 bits per heavy atom. The minimum Gasteiger partial charge on any atom is -0.497 e. The first-order chi connectivity index (χ1) is 13.1. The van der Waals surface area contributed by atoms with Crippen LogP contribution in [0.1, 0.15) is 35.2 Å². The smallest absolute Gasteiger partial charge is 0.255 e. The van der Waals surface area contributed by atoms with E-state index in [2.05, 4.69) is 5.32 Å². The van der Waals surface area contributed by atoms with Crippen LogP contribution >= 0.6 is 0 Å². The predicted molar refractivity (Wildman–Crippen MR) is 103 cm³/mol. The maximum atomic E-state index is 12.5. The molecule has 1 N–H and O–H groups in total. The van der Waals surface area contributed by atoms with Gasteiger partial charge in [-0.1, -0.05) is 12.1 Å². The molecular formula is C21H24N2O4. The van der Waals surface area contributed by atoms with Crippen molar-refractivity contribution in [2.45, 2.75) is 25.8 Å². The molecule has 3 rings (SSSR count). The van der Waals surface area contributed by atoms with E-state index in [1.165, 1.54) is 7.11 Å². The second-order valence-corrected chi connectivity index (χ2v) is 6.42. The molecule has 0 aromatic heterocycles. The Bertz CT molecular complexity index is 835. The topological polar surface area (TPSA) is 67.9 Å². The van der Waals surface area contributed by atoms with Gasteiger partial charge < -0.3 is 19.7 Å². The second kappa shape index (κ2) is 8.58. The van der Waals surface area contributed by atoms with Crippen molar-refractivity contribution in [2.24, 2.45) is 0 Å². The van der Waals surface area contributed by atoms with Gasteiger partial charge in [-0.15, -0.1) is 0 Å². The van der Waals surface area contributed by atoms with Gasteiger partial charge in [-0.05, 0) is 42.7 Å². The molecule has 0 spiro atoms. The van der Waals surface area contributed by atoms with Crippen molar-refractivity contribution in [3.05, 3.63) is 53.6 Å². The monoisotopic (exact) mass is 368 g/mol. The molecule has 6 heteroatoms. The van der Waals surface area contributed by atoms with Crippen LogP contribution in [-0.2, 0) is 11.3 Å². The maximum Gasteiger partial charge on any atom is 0.255 e. The molecule has 0 unspecified atom stereocenters. The zero-order chi connectivity index (χ0) is 19.2. The number of hydrogen-bond acceptors (Lipinski definition) is 4. The fraction of sp³-hybridized carbons (Fsp3) is 0.333. The van der Waals surface area contributed by atoms with Gasteiger partial charge >= 0.3 is 0 Å². The van der Waals surface area contributed by atoms with Crippen LogP contribution in [0.25, 0.3) is 0 Å². The number of nitrogens with zero attached hydrogens (tertiary/aromatic N) is 1. The molecule has 2 aromatic rings. The molecule has 1 aliphatic rings. The van der Waals surface area contributed by atoms with E-state index in [1.54, 1.807) is 25.3 Å². The van der Waals surface area contributed by atoms with Crippen molar-refractivity contribution in [3.63, 3.8) is 0 Å². The molecule has 27 heavy (non-hydrogen) atoms. The van der Waals surface area contributed by atoms with E-state index in [1.807, 2.05) is 29.2 Å². The molecule has 1 saturated heterocycles. The average molecular weight is 368 g/mol. The minimum atomic E-state index is -0.228. The first-order valence-corrected chi connectivity index (χ1v) is 9.02. The highest BCUT2D eigenvalue weighted by Gasteiger charge is 2.19. The van der Waals surface area contributed by atoms with Crippen molar-refractivity contribution in [3.8, 4) is 11.5 Å². The number of carbonyl (C=O) groups excluding carboxylic acids is 2. The number of benzene rings is 2. The van der Waals surface area contributed by atoms with Crippen molar-refractivity contribution >= 4 is 17.5 Å². The number of methoxy groups -OCH3 is 2. The van der Waals surface area contributed by atoms with E-state index < -0.39 is 0 Å². The van der Waals surface area contributed by atoms with Gasteiger partial charge in [0.2, 0.25) is 5.91 Å². The summed E-state index contributed by atoms with van der Waals surface area (Å²) < 4.78 is 10.4. The first-order valence-electron chi connectivity index (χ1n) is 9.02. The highest BCUT2D eigenvalue weighted by atomic mass is 16.5. The highest BCUT2D eigenvalue weighted by Crippen LogP contribution is 2.25. The van der Waals surface area contributed by atoms with Crippen molar-refractivity contribution in [1.29, 1.82) is 0 Å². The van der Waals surface area contributed by atoms with Gasteiger partial charge in [0.15, 0.2) is 0 Å². The van der Waals surface area contributed by atoms with E-state index in [-0.39, 0.29) is 11.8 Å². The molecule has 2 aromatic carbocycles. The van der Waals surface area contributed by atoms with Gasteiger partial charge in [0.05, 0.1) is 19.8 Å². The first kappa shape index (κ1) is 18.8. The summed E-state index contributed by atoms with van der Waals surface area (Å²) in [6.07, 6.45) is 2.57. The third-order valence-electron chi connectivity index (χ3n) is 4.65. The van der Waals surface area contributed by atoms with Crippen LogP contribution in [0.5, 0.6) is 11.5 Å². The average Bonchev–Trinajstić information content (AvgIpc) is 2.72. The molecule has 0 bridgehead atoms. The lowest BCUT2D eigenvalue weighted by Crippen LogP contribution is -2.35. The standard InChI is InChI=1S/C21H24N2O4/c1-26-17-9-10-18(19(13-17)27-2)21(25)22-14-15-6-5-7-16(12-15)23-11-4-3-8-20(23)24/h5-7,9-10,12-13H,3-4,8,11,14H2,1-2H3,(H,22,25). The zero-order valence-corrected chi connectivity index (χ0v) is 15.7. The summed E-state index contributed by atoms with van der Waals surface area (Å²) in [7, 11) is 3.08. The largest absolute Gasteiger partial charge is 0.497 e. The Kier molecular flexibility index (Phi) is 5.96. The van der Waals surface area contributed by atoms with Crippen LogP contribution in [0.3, 0.4) is 0 Å². The number of nitrogens with one attached hydrogen (secondary N) is 1. The van der Waals surface area contributed by atoms with Crippen molar-refractivity contribution < 1.29 is 19.1 Å². The zero-order valence-electron chi connectivity index (χ0n) is 15.7. The van der Waals surface area contributed by atoms with Gasteiger partial charge in [0, 0.05) is 31.3 Å². The van der Waals surface area contributed by atoms with Crippen LogP contribution < -0.4 is 19.7 Å². The molecule has 1 fully saturated rings. The number of hydrogen-bond donors (Lipinski definition) is 1. The van der Waals surface area contributed by atoms with Gasteiger partial charge in [-0.2, -0.15) is 0 Å². The maximum absolute atomic E-state index is 12.5. The van der Waals surface area contributed by atoms with E-state index in [0.717, 1.165) is 30.6 Å². The molecule has 142 valence electrons. The Morgan fingerprint density at radius 3 is 2.70 bits per heavy atom. The summed E-state index contributed by atoms with van der Waals surface area (Å²) in [6.45, 7) is 1.11. The molecule has 1 heterocycles. The van der Waals surface area contributed by atoms with E-state index >= 15 is 0 Å². The fourth-order valence-electron chi connectivity index (χ4n) is 3.18. The predicted octanol–water partition coefficient (Wildman–Crippen LogP) is 3.15. The quantitative estimate of drug-likeness (QED) is 0.850. The van der Waals surface area contributed by atoms with E-state index in [4.69, 9.17) is 9.47 Å². The SMILES string of the molecule is COc1ccc(C(=O)NCc2cccc(N3CCCCC3=O)c2)c(OC)c1. The number of rotatable bonds is 6. The third kappa shape index (κ3) is 4.39. The number of anilines is 1. The molecule has 0 aliphatic carbocycles.